The Kier molecular flexibility index (Phi) is 15.4. The lowest BCUT2D eigenvalue weighted by atomic mass is 10.1. The molecule has 2 heterocycles. The van der Waals surface area contributed by atoms with Crippen LogP contribution in [0.25, 0.3) is 43.4 Å². The largest absolute Gasteiger partial charge is 0.491 e. The van der Waals surface area contributed by atoms with Crippen LogP contribution in [0.3, 0.4) is 0 Å². The van der Waals surface area contributed by atoms with Crippen molar-refractivity contribution in [3.05, 3.63) is 181 Å². The van der Waals surface area contributed by atoms with Crippen molar-refractivity contribution in [2.24, 2.45) is 7.05 Å². The number of H-pyrrole nitrogens is 1. The van der Waals surface area contributed by atoms with E-state index in [0.717, 1.165) is 21.9 Å². The summed E-state index contributed by atoms with van der Waals surface area (Å²) in [6.45, 7) is 3.20. The second-order valence-electron chi connectivity index (χ2n) is 16.7. The lowest BCUT2D eigenvalue weighted by molar-refractivity contribution is 0.221. The number of hydrogen-bond donors (Lipinski definition) is 1. The van der Waals surface area contributed by atoms with Gasteiger partial charge in [0.05, 0.1) is 30.6 Å². The fraction of sp³-hybridized carbons (Fsp3) is 0.148. The molecule has 0 aliphatic heterocycles. The van der Waals surface area contributed by atoms with Crippen LogP contribution >= 0.6 is 0 Å². The Morgan fingerprint density at radius 3 is 1.47 bits per heavy atom. The smallest absolute Gasteiger partial charge is 0.297 e. The third-order valence-electron chi connectivity index (χ3n) is 11.7. The first kappa shape index (κ1) is 52.9. The molecule has 16 nitrogen and oxygen atoms in total. The Morgan fingerprint density at radius 1 is 0.486 bits per heavy atom. The zero-order valence-corrected chi connectivity index (χ0v) is 42.6. The van der Waals surface area contributed by atoms with Crippen LogP contribution in [-0.2, 0) is 55.3 Å². The van der Waals surface area contributed by atoms with Crippen molar-refractivity contribution in [1.82, 2.24) is 20.0 Å². The molecule has 0 aliphatic carbocycles. The van der Waals surface area contributed by atoms with Crippen LogP contribution < -0.4 is 9.47 Å². The SMILES string of the molecule is C.Cc1ccc(S(=O)(=O)OCCOc2ccc3c(c2)c(S(=O)(=O)c2cccc4ccccc24)nn3C)cc1.Cc1ccc(S(=O)(=O)OCCOc2ccc3n[nH]c(S(=O)(=O)c4cccc5ccccc45)c3c2)cc1. The number of ether oxygens (including phenoxy) is 2. The van der Waals surface area contributed by atoms with Crippen molar-refractivity contribution < 1.29 is 51.5 Å². The van der Waals surface area contributed by atoms with Gasteiger partial charge in [0.2, 0.25) is 19.7 Å². The monoisotopic (exact) mass is 1070 g/mol. The second kappa shape index (κ2) is 21.6. The van der Waals surface area contributed by atoms with E-state index in [4.69, 9.17) is 17.8 Å². The number of fused-ring (bicyclic) bond motifs is 4. The van der Waals surface area contributed by atoms with E-state index in [0.29, 0.717) is 44.1 Å². The highest BCUT2D eigenvalue weighted by atomic mass is 32.2. The van der Waals surface area contributed by atoms with Crippen molar-refractivity contribution in [2.75, 3.05) is 26.4 Å². The molecular weight excluding hydrogens is 1020 g/mol. The Hall–Kier alpha value is -7.46. The molecule has 20 heteroatoms. The van der Waals surface area contributed by atoms with Crippen molar-refractivity contribution in [3.8, 4) is 11.5 Å². The first-order valence-electron chi connectivity index (χ1n) is 22.5. The van der Waals surface area contributed by atoms with E-state index in [9.17, 15) is 33.7 Å². The van der Waals surface area contributed by atoms with Gasteiger partial charge in [-0.2, -0.15) is 27.0 Å². The summed E-state index contributed by atoms with van der Waals surface area (Å²) >= 11 is 0. The number of sulfone groups is 2. The fourth-order valence-electron chi connectivity index (χ4n) is 7.99. The summed E-state index contributed by atoms with van der Waals surface area (Å²) in [5.74, 6) is 0.723. The van der Waals surface area contributed by atoms with Crippen molar-refractivity contribution in [1.29, 1.82) is 0 Å². The molecule has 2 aromatic heterocycles. The Morgan fingerprint density at radius 2 is 0.946 bits per heavy atom. The first-order chi connectivity index (χ1) is 34.9. The third-order valence-corrected chi connectivity index (χ3v) is 17.9. The Labute approximate surface area is 429 Å². The number of aryl methyl sites for hydroxylation is 3. The predicted octanol–water partition coefficient (Wildman–Crippen LogP) is 9.93. The lowest BCUT2D eigenvalue weighted by Gasteiger charge is -2.09. The zero-order valence-electron chi connectivity index (χ0n) is 39.4. The van der Waals surface area contributed by atoms with Gasteiger partial charge >= 0.3 is 0 Å². The van der Waals surface area contributed by atoms with Gasteiger partial charge in [-0.05, 0) is 97.4 Å². The normalized spacial score (nSPS) is 12.1. The van der Waals surface area contributed by atoms with Crippen LogP contribution in [0.1, 0.15) is 18.6 Å². The topological polar surface area (TPSA) is 220 Å². The van der Waals surface area contributed by atoms with E-state index < -0.39 is 39.9 Å². The highest BCUT2D eigenvalue weighted by Crippen LogP contribution is 2.35. The van der Waals surface area contributed by atoms with Gasteiger partial charge in [-0.25, -0.2) is 16.8 Å². The molecule has 0 unspecified atom stereocenters. The van der Waals surface area contributed by atoms with E-state index >= 15 is 0 Å². The van der Waals surface area contributed by atoms with Gasteiger partial charge in [0, 0.05) is 28.6 Å². The number of aromatic nitrogens is 4. The molecule has 0 saturated carbocycles. The standard InChI is InChI=1S/C27H24N2O6S2.C26H22N2O6S2.CH4/c1-19-10-13-22(14-11-19)37(32,33)35-17-16-34-21-12-15-25-24(18-21)27(28-29(25)2)36(30,31)26-9-5-7-20-6-3-4-8-23(20)26;1-18-9-12-21(13-10-18)36(31,32)34-16-15-33-20-11-14-24-23(17-20)26(28-27-24)35(29,30)25-8-4-6-19-5-2-3-7-22(19)25;/h3-15,18H,16-17H2,1-2H3;2-14,17H,15-16H2,1H3,(H,27,28);1H4. The van der Waals surface area contributed by atoms with Crippen LogP contribution in [0.2, 0.25) is 0 Å². The molecule has 0 aliphatic rings. The van der Waals surface area contributed by atoms with E-state index in [-0.39, 0.29) is 63.5 Å². The summed E-state index contributed by atoms with van der Waals surface area (Å²) < 4.78 is 127. The molecule has 74 heavy (non-hydrogen) atoms. The van der Waals surface area contributed by atoms with Gasteiger partial charge in [0.15, 0.2) is 10.1 Å². The number of hydrogen-bond acceptors (Lipinski definition) is 14. The van der Waals surface area contributed by atoms with E-state index in [2.05, 4.69) is 15.3 Å². The van der Waals surface area contributed by atoms with Gasteiger partial charge in [-0.1, -0.05) is 116 Å². The van der Waals surface area contributed by atoms with E-state index in [1.807, 2.05) is 50.2 Å². The molecule has 10 rings (SSSR count). The highest BCUT2D eigenvalue weighted by molar-refractivity contribution is 7.92. The summed E-state index contributed by atoms with van der Waals surface area (Å²) in [5, 5.41) is 14.6. The summed E-state index contributed by atoms with van der Waals surface area (Å²) in [6.07, 6.45) is 0. The quantitative estimate of drug-likeness (QED) is 0.0703. The van der Waals surface area contributed by atoms with Crippen LogP contribution in [0.5, 0.6) is 11.5 Å². The van der Waals surface area contributed by atoms with Crippen LogP contribution in [-0.4, -0.2) is 80.1 Å². The summed E-state index contributed by atoms with van der Waals surface area (Å²) in [7, 11) is -14.0. The molecule has 0 amide bonds. The second-order valence-corrected chi connectivity index (χ2v) is 23.6. The fourth-order valence-corrected chi connectivity index (χ4v) is 13.0. The first-order valence-corrected chi connectivity index (χ1v) is 28.3. The molecule has 0 fully saturated rings. The van der Waals surface area contributed by atoms with Crippen molar-refractivity contribution in [2.45, 2.75) is 50.9 Å². The predicted molar refractivity (Wildman–Crippen MR) is 282 cm³/mol. The molecule has 0 spiro atoms. The van der Waals surface area contributed by atoms with Gasteiger partial charge in [0.1, 0.15) is 37.9 Å². The molecule has 8 aromatic carbocycles. The Bertz CT molecular complexity index is 4130. The number of rotatable bonds is 16. The maximum absolute atomic E-state index is 13.7. The summed E-state index contributed by atoms with van der Waals surface area (Å²) in [4.78, 5) is 0.480. The minimum Gasteiger partial charge on any atom is -0.491 e. The van der Waals surface area contributed by atoms with E-state index in [1.165, 1.54) is 28.9 Å². The maximum atomic E-state index is 13.7. The third kappa shape index (κ3) is 11.1. The number of nitrogens with one attached hydrogen (secondary N) is 1. The molecule has 10 aromatic rings. The highest BCUT2D eigenvalue weighted by Gasteiger charge is 2.28. The average Bonchev–Trinajstić information content (AvgIpc) is 3.98. The summed E-state index contributed by atoms with van der Waals surface area (Å²) in [5.41, 5.74) is 2.95. The number of aromatic amines is 1. The molecular formula is C54H50N4O12S4. The molecule has 0 atom stereocenters. The van der Waals surface area contributed by atoms with E-state index in [1.54, 1.807) is 116 Å². The number of benzene rings is 8. The van der Waals surface area contributed by atoms with Crippen molar-refractivity contribution >= 4 is 83.3 Å². The maximum Gasteiger partial charge on any atom is 0.297 e. The Balaban J connectivity index is 0.000000194. The molecule has 382 valence electrons. The molecule has 0 saturated heterocycles. The van der Waals surface area contributed by atoms with Crippen LogP contribution in [0.15, 0.2) is 199 Å². The minimum atomic E-state index is -3.96. The lowest BCUT2D eigenvalue weighted by Crippen LogP contribution is -2.13. The molecule has 0 radical (unpaired) electrons. The molecule has 0 bridgehead atoms. The van der Waals surface area contributed by atoms with Crippen LogP contribution in [0, 0.1) is 13.8 Å². The molecule has 1 N–H and O–H groups in total. The van der Waals surface area contributed by atoms with Gasteiger partial charge in [-0.3, -0.25) is 18.1 Å². The number of nitrogens with zero attached hydrogens (tertiary/aromatic N) is 3. The zero-order chi connectivity index (χ0) is 51.5. The summed E-state index contributed by atoms with van der Waals surface area (Å²) in [6, 6.07) is 47.3. The minimum absolute atomic E-state index is 0. The van der Waals surface area contributed by atoms with Crippen molar-refractivity contribution in [3.63, 3.8) is 0 Å². The van der Waals surface area contributed by atoms with Gasteiger partial charge < -0.3 is 9.47 Å². The average molecular weight is 1080 g/mol. The van der Waals surface area contributed by atoms with Gasteiger partial charge in [-0.15, -0.1) is 0 Å². The van der Waals surface area contributed by atoms with Gasteiger partial charge in [0.25, 0.3) is 20.2 Å². The van der Waals surface area contributed by atoms with Crippen LogP contribution in [0.4, 0.5) is 0 Å².